The lowest BCUT2D eigenvalue weighted by atomic mass is 9.45. The lowest BCUT2D eigenvalue weighted by Crippen LogP contribution is -2.60. The highest BCUT2D eigenvalue weighted by Crippen LogP contribution is 2.68. The second-order valence-electron chi connectivity index (χ2n) is 17.2. The van der Waals surface area contributed by atoms with E-state index < -0.39 is 41.3 Å². The highest BCUT2D eigenvalue weighted by molar-refractivity contribution is 5.93. The maximum atomic E-state index is 13.7. The molecule has 3 saturated carbocycles. The largest absolute Gasteiger partial charge is 0.461 e. The molecule has 1 aliphatic heterocycles. The predicted octanol–water partition coefficient (Wildman–Crippen LogP) is 7.12. The average Bonchev–Trinajstić information content (AvgIpc) is 3.40. The van der Waals surface area contributed by atoms with Crippen LogP contribution in [0.1, 0.15) is 114 Å². The molecule has 7 rings (SSSR count). The SMILES string of the molecule is CC(=O)OC1CC(=O)C=C2CC(OC(=O)c3cccnc3)C3C4CCC(C(C)C(CC5(C)OC5(C)C)OC(=O)c5cccnc5)C4(C)CCC3C21C. The summed E-state index contributed by atoms with van der Waals surface area (Å²) in [7, 11) is 0. The summed E-state index contributed by atoms with van der Waals surface area (Å²) in [5.41, 5.74) is 0.230. The van der Waals surface area contributed by atoms with E-state index >= 15 is 0 Å². The van der Waals surface area contributed by atoms with E-state index in [0.29, 0.717) is 24.0 Å². The Labute approximate surface area is 306 Å². The third-order valence-corrected chi connectivity index (χ3v) is 14.3. The molecule has 1 saturated heterocycles. The van der Waals surface area contributed by atoms with Crippen molar-refractivity contribution in [2.24, 2.45) is 40.4 Å². The highest BCUT2D eigenvalue weighted by Gasteiger charge is 2.66. The van der Waals surface area contributed by atoms with Crippen molar-refractivity contribution < 1.29 is 38.1 Å². The van der Waals surface area contributed by atoms with Gasteiger partial charge in [-0.15, -0.1) is 0 Å². The summed E-state index contributed by atoms with van der Waals surface area (Å²) in [4.78, 5) is 60.9. The molecule has 278 valence electrons. The number of nitrogens with zero attached hydrogens (tertiary/aromatic N) is 2. The molecule has 2 aromatic heterocycles. The summed E-state index contributed by atoms with van der Waals surface area (Å²) < 4.78 is 25.0. The van der Waals surface area contributed by atoms with Crippen LogP contribution in [0.5, 0.6) is 0 Å². The van der Waals surface area contributed by atoms with Gasteiger partial charge in [-0.1, -0.05) is 26.3 Å². The normalized spacial score (nSPS) is 36.9. The Morgan fingerprint density at radius 2 is 1.56 bits per heavy atom. The summed E-state index contributed by atoms with van der Waals surface area (Å²) in [5, 5.41) is 0. The minimum Gasteiger partial charge on any atom is -0.461 e. The molecule has 2 aromatic rings. The van der Waals surface area contributed by atoms with Gasteiger partial charge in [0.15, 0.2) is 5.78 Å². The molecule has 0 aromatic carbocycles. The van der Waals surface area contributed by atoms with E-state index in [2.05, 4.69) is 51.5 Å². The Balaban J connectivity index is 1.23. The summed E-state index contributed by atoms with van der Waals surface area (Å²) >= 11 is 0. The molecule has 0 bridgehead atoms. The van der Waals surface area contributed by atoms with E-state index in [1.807, 2.05) is 0 Å². The van der Waals surface area contributed by atoms with Crippen LogP contribution >= 0.6 is 0 Å². The van der Waals surface area contributed by atoms with Gasteiger partial charge < -0.3 is 18.9 Å². The van der Waals surface area contributed by atoms with Crippen molar-refractivity contribution in [3.63, 3.8) is 0 Å². The lowest BCUT2D eigenvalue weighted by molar-refractivity contribution is -0.173. The third-order valence-electron chi connectivity index (χ3n) is 14.3. The Morgan fingerprint density at radius 3 is 2.15 bits per heavy atom. The molecule has 5 aliphatic rings. The molecule has 4 aliphatic carbocycles. The van der Waals surface area contributed by atoms with Gasteiger partial charge in [-0.05, 0) is 106 Å². The lowest BCUT2D eigenvalue weighted by Gasteiger charge is -2.61. The minimum absolute atomic E-state index is 0.0103. The summed E-state index contributed by atoms with van der Waals surface area (Å²) in [5.74, 6) is -0.916. The predicted molar refractivity (Wildman–Crippen MR) is 191 cm³/mol. The van der Waals surface area contributed by atoms with Crippen LogP contribution in [0, 0.1) is 40.4 Å². The van der Waals surface area contributed by atoms with Crippen molar-refractivity contribution in [3.05, 3.63) is 71.8 Å². The molecule has 11 unspecified atom stereocenters. The van der Waals surface area contributed by atoms with Crippen LogP contribution in [-0.2, 0) is 28.5 Å². The van der Waals surface area contributed by atoms with Crippen molar-refractivity contribution in [2.75, 3.05) is 0 Å². The first-order valence-corrected chi connectivity index (χ1v) is 18.9. The van der Waals surface area contributed by atoms with Crippen molar-refractivity contribution in [1.29, 1.82) is 0 Å². The topological polar surface area (TPSA) is 134 Å². The maximum absolute atomic E-state index is 13.7. The Bertz CT molecular complexity index is 1760. The zero-order chi connectivity index (χ0) is 37.2. The second kappa shape index (κ2) is 13.2. The van der Waals surface area contributed by atoms with Crippen LogP contribution < -0.4 is 0 Å². The molecule has 52 heavy (non-hydrogen) atoms. The summed E-state index contributed by atoms with van der Waals surface area (Å²) in [6.07, 6.45) is 11.3. The standard InChI is InChI=1S/C42H52N2O8/c1-24(34(21-41(6)39(3,4)52-41)51-38(48)27-11-9-17-44-23-27)30-12-13-31-36-32(14-15-40(30,31)5)42(7)28(18-29(46)20-35(42)49-25(2)45)19-33(36)50-37(47)26-10-8-16-43-22-26/h8-11,16-18,22-24,30-36H,12-15,19-21H2,1-7H3. The average molecular weight is 713 g/mol. The van der Waals surface area contributed by atoms with E-state index in [-0.39, 0.29) is 58.8 Å². The number of ketones is 1. The third kappa shape index (κ3) is 6.18. The number of ether oxygens (including phenoxy) is 4. The van der Waals surface area contributed by atoms with Crippen LogP contribution in [-0.4, -0.2) is 63.2 Å². The number of epoxide rings is 1. The Hall–Kier alpha value is -3.92. The summed E-state index contributed by atoms with van der Waals surface area (Å²) in [6, 6.07) is 6.89. The minimum atomic E-state index is -0.584. The smallest absolute Gasteiger partial charge is 0.339 e. The molecule has 4 fully saturated rings. The van der Waals surface area contributed by atoms with Crippen LogP contribution in [0.25, 0.3) is 0 Å². The van der Waals surface area contributed by atoms with Gasteiger partial charge in [0.05, 0.1) is 22.3 Å². The first-order valence-electron chi connectivity index (χ1n) is 18.9. The first kappa shape index (κ1) is 36.4. The zero-order valence-electron chi connectivity index (χ0n) is 31.4. The quantitative estimate of drug-likeness (QED) is 0.150. The fourth-order valence-electron chi connectivity index (χ4n) is 11.1. The number of esters is 3. The fourth-order valence-corrected chi connectivity index (χ4v) is 11.1. The number of pyridine rings is 2. The van der Waals surface area contributed by atoms with Gasteiger partial charge in [0.2, 0.25) is 0 Å². The Morgan fingerprint density at radius 1 is 0.904 bits per heavy atom. The van der Waals surface area contributed by atoms with Crippen molar-refractivity contribution in [3.8, 4) is 0 Å². The van der Waals surface area contributed by atoms with Gasteiger partial charge in [-0.2, -0.15) is 0 Å². The van der Waals surface area contributed by atoms with Gasteiger partial charge in [0.1, 0.15) is 18.3 Å². The molecular formula is C42H52N2O8. The van der Waals surface area contributed by atoms with Crippen LogP contribution in [0.4, 0.5) is 0 Å². The van der Waals surface area contributed by atoms with E-state index in [4.69, 9.17) is 18.9 Å². The number of carbonyl (C=O) groups is 4. The van der Waals surface area contributed by atoms with Crippen molar-refractivity contribution in [2.45, 2.75) is 123 Å². The molecule has 0 amide bonds. The first-order chi connectivity index (χ1) is 24.6. The molecule has 0 N–H and O–H groups in total. The molecule has 0 radical (unpaired) electrons. The zero-order valence-corrected chi connectivity index (χ0v) is 31.4. The molecule has 10 nitrogen and oxygen atoms in total. The van der Waals surface area contributed by atoms with Crippen LogP contribution in [0.15, 0.2) is 60.7 Å². The number of rotatable bonds is 9. The molecule has 10 heteroatoms. The van der Waals surface area contributed by atoms with Crippen molar-refractivity contribution >= 4 is 23.7 Å². The molecular weight excluding hydrogens is 660 g/mol. The molecule has 0 spiro atoms. The van der Waals surface area contributed by atoms with E-state index in [0.717, 1.165) is 31.3 Å². The maximum Gasteiger partial charge on any atom is 0.339 e. The summed E-state index contributed by atoms with van der Waals surface area (Å²) in [6.45, 7) is 14.4. The van der Waals surface area contributed by atoms with Gasteiger partial charge in [-0.25, -0.2) is 9.59 Å². The van der Waals surface area contributed by atoms with E-state index in [1.54, 1.807) is 48.9 Å². The van der Waals surface area contributed by atoms with Crippen LogP contribution in [0.3, 0.4) is 0 Å². The van der Waals surface area contributed by atoms with Gasteiger partial charge in [-0.3, -0.25) is 19.6 Å². The number of hydrogen-bond donors (Lipinski definition) is 0. The number of carbonyl (C=O) groups excluding carboxylic acids is 4. The highest BCUT2D eigenvalue weighted by atomic mass is 16.6. The number of aromatic nitrogens is 2. The molecule has 11 atom stereocenters. The van der Waals surface area contributed by atoms with Gasteiger partial charge in [0, 0.05) is 62.3 Å². The van der Waals surface area contributed by atoms with Crippen molar-refractivity contribution in [1.82, 2.24) is 9.97 Å². The Kier molecular flexibility index (Phi) is 9.24. The number of fused-ring (bicyclic) bond motifs is 5. The van der Waals surface area contributed by atoms with E-state index in [9.17, 15) is 19.2 Å². The van der Waals surface area contributed by atoms with Crippen LogP contribution in [0.2, 0.25) is 0 Å². The molecule has 3 heterocycles. The fraction of sp³-hybridized carbons (Fsp3) is 0.619. The monoisotopic (exact) mass is 712 g/mol. The van der Waals surface area contributed by atoms with Gasteiger partial charge in [0.25, 0.3) is 0 Å². The second-order valence-corrected chi connectivity index (χ2v) is 17.2. The van der Waals surface area contributed by atoms with Gasteiger partial charge >= 0.3 is 17.9 Å². The number of hydrogen-bond acceptors (Lipinski definition) is 10. The van der Waals surface area contributed by atoms with E-state index in [1.165, 1.54) is 13.1 Å².